The van der Waals surface area contributed by atoms with Crippen molar-refractivity contribution < 1.29 is 41.7 Å². The van der Waals surface area contributed by atoms with Crippen molar-refractivity contribution in [2.45, 2.75) is 32.5 Å². The molecular weight excluding hydrogens is 446 g/mol. The van der Waals surface area contributed by atoms with E-state index >= 15 is 0 Å². The van der Waals surface area contributed by atoms with E-state index in [9.17, 15) is 22.8 Å². The molecule has 176 valence electrons. The van der Waals surface area contributed by atoms with Crippen LogP contribution in [0, 0.1) is 0 Å². The highest BCUT2D eigenvalue weighted by molar-refractivity contribution is 7.90. The summed E-state index contributed by atoms with van der Waals surface area (Å²) in [6, 6.07) is 4.11. The number of methoxy groups -OCH3 is 1. The first-order chi connectivity index (χ1) is 14.9. The van der Waals surface area contributed by atoms with Crippen LogP contribution in [0.2, 0.25) is 0 Å². The van der Waals surface area contributed by atoms with Gasteiger partial charge in [-0.05, 0) is 39.0 Å². The van der Waals surface area contributed by atoms with Crippen molar-refractivity contribution in [3.05, 3.63) is 23.8 Å². The van der Waals surface area contributed by atoms with Gasteiger partial charge >= 0.3 is 28.4 Å². The Balaban J connectivity index is 1.69. The summed E-state index contributed by atoms with van der Waals surface area (Å²) >= 11 is 0. The number of nitrogens with zero attached hydrogens (tertiary/aromatic N) is 2. The molecule has 0 spiro atoms. The number of hydrogen-bond donors (Lipinski definition) is 1. The molecule has 3 rings (SSSR count). The molecular formula is C19H25N3O9S. The maximum absolute atomic E-state index is 12.5. The van der Waals surface area contributed by atoms with Crippen LogP contribution in [0.15, 0.2) is 18.2 Å². The molecule has 1 N–H and O–H groups in total. The number of rotatable bonds is 6. The van der Waals surface area contributed by atoms with Crippen molar-refractivity contribution in [1.29, 1.82) is 0 Å². The van der Waals surface area contributed by atoms with Gasteiger partial charge in [-0.3, -0.25) is 4.72 Å². The summed E-state index contributed by atoms with van der Waals surface area (Å²) in [5.41, 5.74) is -0.801. The van der Waals surface area contributed by atoms with E-state index in [0.717, 1.165) is 7.11 Å². The Labute approximate surface area is 185 Å². The van der Waals surface area contributed by atoms with Gasteiger partial charge in [-0.25, -0.2) is 14.4 Å². The Kier molecular flexibility index (Phi) is 6.39. The normalized spacial score (nSPS) is 16.8. The maximum atomic E-state index is 12.5. The van der Waals surface area contributed by atoms with Gasteiger partial charge in [0.15, 0.2) is 0 Å². The summed E-state index contributed by atoms with van der Waals surface area (Å²) in [5, 5.41) is 0. The molecule has 2 heterocycles. The van der Waals surface area contributed by atoms with Crippen molar-refractivity contribution in [3.63, 3.8) is 0 Å². The van der Waals surface area contributed by atoms with E-state index in [-0.39, 0.29) is 36.3 Å². The molecule has 2 saturated heterocycles. The minimum atomic E-state index is -4.29. The number of benzene rings is 1. The van der Waals surface area contributed by atoms with Gasteiger partial charge in [0.1, 0.15) is 24.1 Å². The first-order valence-corrected chi connectivity index (χ1v) is 11.2. The minimum absolute atomic E-state index is 0.0575. The molecule has 0 radical (unpaired) electrons. The second kappa shape index (κ2) is 8.73. The van der Waals surface area contributed by atoms with Gasteiger partial charge in [0, 0.05) is 0 Å². The zero-order valence-corrected chi connectivity index (χ0v) is 18.9. The Morgan fingerprint density at radius 1 is 1.22 bits per heavy atom. The van der Waals surface area contributed by atoms with Crippen molar-refractivity contribution in [1.82, 2.24) is 9.21 Å². The third-order valence-electron chi connectivity index (χ3n) is 4.45. The second-order valence-electron chi connectivity index (χ2n) is 8.12. The predicted molar refractivity (Wildman–Crippen MR) is 111 cm³/mol. The summed E-state index contributed by atoms with van der Waals surface area (Å²) in [5.74, 6) is -0.524. The van der Waals surface area contributed by atoms with Crippen molar-refractivity contribution in [2.75, 3.05) is 38.1 Å². The van der Waals surface area contributed by atoms with Gasteiger partial charge < -0.3 is 23.8 Å². The predicted octanol–water partition coefficient (Wildman–Crippen LogP) is 1.58. The maximum Gasteiger partial charge on any atom is 0.425 e. The van der Waals surface area contributed by atoms with Gasteiger partial charge in [-0.1, -0.05) is 0 Å². The molecule has 12 nitrogen and oxygen atoms in total. The fourth-order valence-corrected chi connectivity index (χ4v) is 4.07. The number of carbonyl (C=O) groups excluding carboxylic acids is 3. The highest BCUT2D eigenvalue weighted by atomic mass is 32.2. The highest BCUT2D eigenvalue weighted by Crippen LogP contribution is 2.27. The van der Waals surface area contributed by atoms with E-state index in [4.69, 9.17) is 14.2 Å². The summed E-state index contributed by atoms with van der Waals surface area (Å²) in [6.07, 6.45) is -1.77. The molecule has 0 bridgehead atoms. The van der Waals surface area contributed by atoms with Crippen LogP contribution in [-0.2, 0) is 24.4 Å². The molecule has 0 unspecified atom stereocenters. The summed E-state index contributed by atoms with van der Waals surface area (Å²) < 4.78 is 48.1. The Hall–Kier alpha value is -3.22. The van der Waals surface area contributed by atoms with Crippen LogP contribution in [0.4, 0.5) is 15.3 Å². The van der Waals surface area contributed by atoms with Crippen LogP contribution in [0.3, 0.4) is 0 Å². The van der Waals surface area contributed by atoms with E-state index in [1.807, 2.05) is 0 Å². The van der Waals surface area contributed by atoms with Crippen LogP contribution in [0.25, 0.3) is 0 Å². The minimum Gasteiger partial charge on any atom is -0.487 e. The van der Waals surface area contributed by atoms with Crippen molar-refractivity contribution in [3.8, 4) is 5.75 Å². The molecule has 1 aromatic carbocycles. The standard InChI is InChI=1S/C19H25N3O9S/c1-19(2,3)31-17(24)21-10-13(11-21)30-12-5-6-15(14(9-12)16(23)28-4)20-32(26,27)22-7-8-29-18(22)25/h5-6,9,13,20H,7-8,10-11H2,1-4H3. The summed E-state index contributed by atoms with van der Waals surface area (Å²) in [4.78, 5) is 37.3. The van der Waals surface area contributed by atoms with Crippen molar-refractivity contribution in [2.24, 2.45) is 0 Å². The average molecular weight is 471 g/mol. The van der Waals surface area contributed by atoms with E-state index in [1.165, 1.54) is 23.1 Å². The molecule has 2 aliphatic rings. The zero-order chi connectivity index (χ0) is 23.7. The van der Waals surface area contributed by atoms with Crippen LogP contribution < -0.4 is 9.46 Å². The largest absolute Gasteiger partial charge is 0.487 e. The van der Waals surface area contributed by atoms with Gasteiger partial charge in [0.25, 0.3) is 0 Å². The number of ether oxygens (including phenoxy) is 4. The number of anilines is 1. The monoisotopic (exact) mass is 471 g/mol. The Morgan fingerprint density at radius 2 is 1.91 bits per heavy atom. The number of likely N-dealkylation sites (tertiary alicyclic amines) is 1. The van der Waals surface area contributed by atoms with Crippen molar-refractivity contribution >= 4 is 34.1 Å². The molecule has 0 saturated carbocycles. The van der Waals surface area contributed by atoms with E-state index in [2.05, 4.69) is 9.46 Å². The number of cyclic esters (lactones) is 1. The number of carbonyl (C=O) groups is 3. The van der Waals surface area contributed by atoms with Crippen LogP contribution in [0.1, 0.15) is 31.1 Å². The van der Waals surface area contributed by atoms with Crippen LogP contribution in [-0.4, -0.2) is 80.8 Å². The van der Waals surface area contributed by atoms with Gasteiger partial charge in [0.2, 0.25) is 0 Å². The quantitative estimate of drug-likeness (QED) is 0.483. The molecule has 0 aliphatic carbocycles. The molecule has 1 aromatic rings. The summed E-state index contributed by atoms with van der Waals surface area (Å²) in [6.45, 7) is 5.72. The number of amides is 2. The summed E-state index contributed by atoms with van der Waals surface area (Å²) in [7, 11) is -3.14. The number of esters is 1. The molecule has 2 aliphatic heterocycles. The van der Waals surface area contributed by atoms with E-state index in [1.54, 1.807) is 20.8 Å². The van der Waals surface area contributed by atoms with Crippen LogP contribution in [0.5, 0.6) is 5.75 Å². The zero-order valence-electron chi connectivity index (χ0n) is 18.1. The lowest BCUT2D eigenvalue weighted by atomic mass is 10.1. The molecule has 0 atom stereocenters. The highest BCUT2D eigenvalue weighted by Gasteiger charge is 2.36. The lowest BCUT2D eigenvalue weighted by Gasteiger charge is -2.39. The molecule has 2 amide bonds. The van der Waals surface area contributed by atoms with Crippen LogP contribution >= 0.6 is 0 Å². The first kappa shape index (κ1) is 23.4. The molecule has 2 fully saturated rings. The van der Waals surface area contributed by atoms with Gasteiger partial charge in [-0.15, -0.1) is 0 Å². The average Bonchev–Trinajstić information content (AvgIpc) is 3.10. The third-order valence-corrected chi connectivity index (χ3v) is 5.84. The van der Waals surface area contributed by atoms with E-state index in [0.29, 0.717) is 17.4 Å². The molecule has 32 heavy (non-hydrogen) atoms. The van der Waals surface area contributed by atoms with Gasteiger partial charge in [0.05, 0.1) is 38.0 Å². The Bertz CT molecular complexity index is 1010. The topological polar surface area (TPSA) is 141 Å². The second-order valence-corrected chi connectivity index (χ2v) is 9.71. The lowest BCUT2D eigenvalue weighted by molar-refractivity contribution is -0.0221. The first-order valence-electron chi connectivity index (χ1n) is 9.74. The molecule has 13 heteroatoms. The fraction of sp³-hybridized carbons (Fsp3) is 0.526. The smallest absolute Gasteiger partial charge is 0.425 e. The van der Waals surface area contributed by atoms with E-state index < -0.39 is 34.0 Å². The lowest BCUT2D eigenvalue weighted by Crippen LogP contribution is -2.57. The van der Waals surface area contributed by atoms with Gasteiger partial charge in [-0.2, -0.15) is 12.7 Å². The fourth-order valence-electron chi connectivity index (χ4n) is 2.94. The molecule has 0 aromatic heterocycles. The third kappa shape index (κ3) is 5.33. The number of nitrogens with one attached hydrogen (secondary N) is 1. The Morgan fingerprint density at radius 3 is 2.47 bits per heavy atom. The SMILES string of the molecule is COC(=O)c1cc(OC2CN(C(=O)OC(C)(C)C)C2)ccc1NS(=O)(=O)N1CCOC1=O. The number of hydrogen-bond acceptors (Lipinski definition) is 9.